The summed E-state index contributed by atoms with van der Waals surface area (Å²) in [5, 5.41) is 10.6. The smallest absolute Gasteiger partial charge is 0.408 e. The lowest BCUT2D eigenvalue weighted by atomic mass is 10.1. The van der Waals surface area contributed by atoms with Gasteiger partial charge in [0.05, 0.1) is 11.6 Å². The second-order valence-electron chi connectivity index (χ2n) is 10.0. The van der Waals surface area contributed by atoms with Crippen LogP contribution >= 0.6 is 23.1 Å². The summed E-state index contributed by atoms with van der Waals surface area (Å²) in [5.74, 6) is 0.0160. The Bertz CT molecular complexity index is 1170. The van der Waals surface area contributed by atoms with Crippen LogP contribution in [0.25, 0.3) is 11.3 Å². The van der Waals surface area contributed by atoms with Crippen LogP contribution in [0, 0.1) is 0 Å². The minimum absolute atomic E-state index is 0.0792. The van der Waals surface area contributed by atoms with Crippen LogP contribution in [-0.4, -0.2) is 69.1 Å². The number of carbonyl (C=O) groups excluding carboxylic acids is 4. The van der Waals surface area contributed by atoms with E-state index in [9.17, 15) is 19.2 Å². The molecule has 1 saturated carbocycles. The molecule has 0 spiro atoms. The van der Waals surface area contributed by atoms with Gasteiger partial charge in [-0.05, 0) is 52.7 Å². The van der Waals surface area contributed by atoms with Gasteiger partial charge in [0.2, 0.25) is 11.8 Å². The minimum Gasteiger partial charge on any atom is -0.444 e. The maximum atomic E-state index is 13.0. The van der Waals surface area contributed by atoms with Crippen molar-refractivity contribution in [3.05, 3.63) is 35.2 Å². The van der Waals surface area contributed by atoms with Crippen LogP contribution in [0.2, 0.25) is 0 Å². The average Bonchev–Trinajstić information content (AvgIpc) is 3.30. The molecule has 0 unspecified atom stereocenters. The fraction of sp³-hybridized carbons (Fsp3) is 0.480. The van der Waals surface area contributed by atoms with E-state index in [-0.39, 0.29) is 17.7 Å². The molecule has 2 aromatic rings. The number of nitrogens with one attached hydrogen (secondary N) is 3. The second kappa shape index (κ2) is 11.1. The number of carbonyl (C=O) groups is 4. The van der Waals surface area contributed by atoms with Crippen molar-refractivity contribution in [2.75, 3.05) is 16.9 Å². The largest absolute Gasteiger partial charge is 0.444 e. The first kappa shape index (κ1) is 26.9. The molecule has 37 heavy (non-hydrogen) atoms. The summed E-state index contributed by atoms with van der Waals surface area (Å²) in [7, 11) is 0. The number of alkyl carbamates (subject to hydrolysis) is 1. The van der Waals surface area contributed by atoms with E-state index in [1.165, 1.54) is 28.0 Å². The van der Waals surface area contributed by atoms with Gasteiger partial charge in [-0.15, -0.1) is 23.1 Å². The summed E-state index contributed by atoms with van der Waals surface area (Å²) in [6, 6.07) is 5.95. The Kier molecular flexibility index (Phi) is 8.08. The molecule has 2 heterocycles. The molecule has 0 bridgehead atoms. The standard InChI is InChI=1S/C25H31N5O5S2/c1-14(26-24(34)35-25(2,3)4)22(33)30-13-36-12-19(30)21(32)29-23-28-18(11-37-23)15-5-7-16(8-6-15)20(31)27-17-9-10-17/h5-8,11,14,17,19H,9-10,12-13H2,1-4H3,(H,26,34)(H,27,31)(H,28,29,32)/t14-,19+/m1/s1. The summed E-state index contributed by atoms with van der Waals surface area (Å²) < 4.78 is 5.22. The number of hydrogen-bond donors (Lipinski definition) is 3. The Morgan fingerprint density at radius 3 is 2.49 bits per heavy atom. The van der Waals surface area contributed by atoms with Crippen molar-refractivity contribution in [3.8, 4) is 11.3 Å². The predicted molar refractivity (Wildman–Crippen MR) is 143 cm³/mol. The van der Waals surface area contributed by atoms with E-state index in [2.05, 4.69) is 20.9 Å². The van der Waals surface area contributed by atoms with Gasteiger partial charge < -0.3 is 25.6 Å². The number of benzene rings is 1. The zero-order valence-corrected chi connectivity index (χ0v) is 22.8. The fourth-order valence-electron chi connectivity index (χ4n) is 3.61. The van der Waals surface area contributed by atoms with Crippen molar-refractivity contribution >= 4 is 52.0 Å². The number of thiazole rings is 1. The fourth-order valence-corrected chi connectivity index (χ4v) is 5.50. The lowest BCUT2D eigenvalue weighted by Gasteiger charge is -2.27. The molecule has 12 heteroatoms. The van der Waals surface area contributed by atoms with Gasteiger partial charge in [0.1, 0.15) is 17.7 Å². The van der Waals surface area contributed by atoms with E-state index >= 15 is 0 Å². The molecule has 10 nitrogen and oxygen atoms in total. The zero-order valence-electron chi connectivity index (χ0n) is 21.2. The van der Waals surface area contributed by atoms with Gasteiger partial charge in [0.15, 0.2) is 5.13 Å². The molecule has 3 N–H and O–H groups in total. The lowest BCUT2D eigenvalue weighted by molar-refractivity contribution is -0.137. The van der Waals surface area contributed by atoms with E-state index in [1.807, 2.05) is 17.5 Å². The molecule has 1 aliphatic heterocycles. The average molecular weight is 546 g/mol. The lowest BCUT2D eigenvalue weighted by Crippen LogP contribution is -2.52. The van der Waals surface area contributed by atoms with Crippen LogP contribution < -0.4 is 16.0 Å². The number of aromatic nitrogens is 1. The number of rotatable bonds is 7. The number of nitrogens with zero attached hydrogens (tertiary/aromatic N) is 2. The number of hydrogen-bond acceptors (Lipinski definition) is 8. The quantitative estimate of drug-likeness (QED) is 0.486. The molecular formula is C25H31N5O5S2. The summed E-state index contributed by atoms with van der Waals surface area (Å²) in [6.07, 6.45) is 1.38. The molecule has 4 rings (SSSR count). The van der Waals surface area contributed by atoms with Crippen LogP contribution in [0.4, 0.5) is 9.93 Å². The van der Waals surface area contributed by atoms with E-state index < -0.39 is 23.8 Å². The van der Waals surface area contributed by atoms with Crippen LogP contribution in [0.3, 0.4) is 0 Å². The molecular weight excluding hydrogens is 514 g/mol. The van der Waals surface area contributed by atoms with Gasteiger partial charge in [0, 0.05) is 28.3 Å². The molecule has 1 aromatic heterocycles. The third-order valence-corrected chi connectivity index (χ3v) is 7.43. The Morgan fingerprint density at radius 2 is 1.84 bits per heavy atom. The zero-order chi connectivity index (χ0) is 26.7. The second-order valence-corrected chi connectivity index (χ2v) is 11.9. The maximum Gasteiger partial charge on any atom is 0.408 e. The highest BCUT2D eigenvalue weighted by atomic mass is 32.2. The number of ether oxygens (including phenoxy) is 1. The van der Waals surface area contributed by atoms with Gasteiger partial charge in [-0.25, -0.2) is 9.78 Å². The summed E-state index contributed by atoms with van der Waals surface area (Å²) in [6.45, 7) is 6.79. The van der Waals surface area contributed by atoms with Crippen molar-refractivity contribution in [1.82, 2.24) is 20.5 Å². The van der Waals surface area contributed by atoms with Crippen LogP contribution in [-0.2, 0) is 14.3 Å². The van der Waals surface area contributed by atoms with Gasteiger partial charge in [-0.3, -0.25) is 14.4 Å². The summed E-state index contributed by atoms with van der Waals surface area (Å²) in [4.78, 5) is 56.2. The van der Waals surface area contributed by atoms with E-state index in [1.54, 1.807) is 39.8 Å². The highest BCUT2D eigenvalue weighted by Gasteiger charge is 2.37. The molecule has 1 aromatic carbocycles. The Morgan fingerprint density at radius 1 is 1.14 bits per heavy atom. The molecule has 1 aliphatic carbocycles. The van der Waals surface area contributed by atoms with E-state index in [4.69, 9.17) is 4.74 Å². The first-order valence-corrected chi connectivity index (χ1v) is 14.1. The van der Waals surface area contributed by atoms with Crippen LogP contribution in [0.5, 0.6) is 0 Å². The van der Waals surface area contributed by atoms with Crippen LogP contribution in [0.1, 0.15) is 50.9 Å². The van der Waals surface area contributed by atoms with Crippen molar-refractivity contribution < 1.29 is 23.9 Å². The molecule has 2 atom stereocenters. The molecule has 2 fully saturated rings. The van der Waals surface area contributed by atoms with Gasteiger partial charge in [-0.1, -0.05) is 12.1 Å². The Labute approximate surface area is 223 Å². The topological polar surface area (TPSA) is 130 Å². The van der Waals surface area contributed by atoms with Crippen molar-refractivity contribution in [3.63, 3.8) is 0 Å². The molecule has 198 valence electrons. The van der Waals surface area contributed by atoms with E-state index in [0.717, 1.165) is 18.4 Å². The minimum atomic E-state index is -0.843. The number of thioether (sulfide) groups is 1. The van der Waals surface area contributed by atoms with Crippen molar-refractivity contribution in [2.45, 2.75) is 64.3 Å². The summed E-state index contributed by atoms with van der Waals surface area (Å²) in [5.41, 5.74) is 1.42. The summed E-state index contributed by atoms with van der Waals surface area (Å²) >= 11 is 2.75. The molecule has 0 radical (unpaired) electrons. The monoisotopic (exact) mass is 545 g/mol. The number of anilines is 1. The van der Waals surface area contributed by atoms with Gasteiger partial charge in [0.25, 0.3) is 5.91 Å². The predicted octanol–water partition coefficient (Wildman–Crippen LogP) is 3.46. The highest BCUT2D eigenvalue weighted by molar-refractivity contribution is 7.99. The first-order valence-electron chi connectivity index (χ1n) is 12.1. The number of amides is 4. The van der Waals surface area contributed by atoms with E-state index in [0.29, 0.717) is 34.1 Å². The third-order valence-electron chi connectivity index (χ3n) is 5.66. The SMILES string of the molecule is C[C@@H](NC(=O)OC(C)(C)C)C(=O)N1CSC[C@H]1C(=O)Nc1nc(-c2ccc(C(=O)NC3CC3)cc2)cs1. The highest BCUT2D eigenvalue weighted by Crippen LogP contribution is 2.28. The molecule has 1 saturated heterocycles. The molecule has 2 aliphatic rings. The van der Waals surface area contributed by atoms with Crippen molar-refractivity contribution in [1.29, 1.82) is 0 Å². The Hall–Kier alpha value is -3.12. The van der Waals surface area contributed by atoms with Crippen molar-refractivity contribution in [2.24, 2.45) is 0 Å². The first-order chi connectivity index (χ1) is 17.5. The maximum absolute atomic E-state index is 13.0. The van der Waals surface area contributed by atoms with Gasteiger partial charge >= 0.3 is 6.09 Å². The third kappa shape index (κ3) is 7.22. The van der Waals surface area contributed by atoms with Crippen LogP contribution in [0.15, 0.2) is 29.6 Å². The Balaban J connectivity index is 1.34. The van der Waals surface area contributed by atoms with Gasteiger partial charge in [-0.2, -0.15) is 0 Å². The normalized spacial score (nSPS) is 18.2. The molecule has 4 amide bonds.